The average Bonchev–Trinajstić information content (AvgIpc) is 3.37. The third-order valence-corrected chi connectivity index (χ3v) is 4.92. The average molecular weight is 390 g/mol. The maximum atomic E-state index is 12.6. The van der Waals surface area contributed by atoms with Crippen molar-refractivity contribution in [2.75, 3.05) is 6.54 Å². The molecule has 1 amide bonds. The number of ether oxygens (including phenoxy) is 1. The SMILES string of the molecule is CC(C)(C)OC(=O)N1CCCC1c1cc(-c2cccc(-c3ccccc3)n2)n[nH]1. The van der Waals surface area contributed by atoms with Gasteiger partial charge in [-0.15, -0.1) is 0 Å². The molecule has 3 heterocycles. The second-order valence-corrected chi connectivity index (χ2v) is 8.31. The number of H-pyrrole nitrogens is 1. The van der Waals surface area contributed by atoms with Crippen LogP contribution in [-0.4, -0.2) is 38.3 Å². The van der Waals surface area contributed by atoms with Crippen LogP contribution in [-0.2, 0) is 4.74 Å². The normalized spacial score (nSPS) is 16.8. The summed E-state index contributed by atoms with van der Waals surface area (Å²) >= 11 is 0. The second-order valence-electron chi connectivity index (χ2n) is 8.31. The van der Waals surface area contributed by atoms with Gasteiger partial charge < -0.3 is 4.74 Å². The van der Waals surface area contributed by atoms with Gasteiger partial charge in [-0.3, -0.25) is 10.00 Å². The van der Waals surface area contributed by atoms with Crippen molar-refractivity contribution in [1.82, 2.24) is 20.1 Å². The molecule has 0 aliphatic carbocycles. The minimum absolute atomic E-state index is 0.0524. The highest BCUT2D eigenvalue weighted by Gasteiger charge is 2.34. The zero-order valence-electron chi connectivity index (χ0n) is 17.1. The number of benzene rings is 1. The summed E-state index contributed by atoms with van der Waals surface area (Å²) in [6, 6.07) is 17.9. The first-order chi connectivity index (χ1) is 13.9. The van der Waals surface area contributed by atoms with E-state index in [0.29, 0.717) is 6.54 Å². The molecule has 29 heavy (non-hydrogen) atoms. The number of rotatable bonds is 3. The summed E-state index contributed by atoms with van der Waals surface area (Å²) in [6.45, 7) is 6.34. The number of nitrogens with zero attached hydrogens (tertiary/aromatic N) is 3. The van der Waals surface area contributed by atoms with Crippen LogP contribution in [0.4, 0.5) is 4.79 Å². The van der Waals surface area contributed by atoms with Crippen molar-refractivity contribution in [1.29, 1.82) is 0 Å². The third kappa shape index (κ3) is 4.31. The topological polar surface area (TPSA) is 71.1 Å². The molecule has 1 unspecified atom stereocenters. The molecule has 1 aliphatic heterocycles. The maximum absolute atomic E-state index is 12.6. The van der Waals surface area contributed by atoms with E-state index in [9.17, 15) is 4.79 Å². The summed E-state index contributed by atoms with van der Waals surface area (Å²) in [5.74, 6) is 0. The van der Waals surface area contributed by atoms with Gasteiger partial charge in [-0.1, -0.05) is 36.4 Å². The van der Waals surface area contributed by atoms with Crippen LogP contribution in [0.3, 0.4) is 0 Å². The quantitative estimate of drug-likeness (QED) is 0.666. The monoisotopic (exact) mass is 390 g/mol. The van der Waals surface area contributed by atoms with Gasteiger partial charge in [0, 0.05) is 12.1 Å². The first-order valence-corrected chi connectivity index (χ1v) is 9.98. The smallest absolute Gasteiger partial charge is 0.410 e. The highest BCUT2D eigenvalue weighted by Crippen LogP contribution is 2.33. The molecule has 6 nitrogen and oxygen atoms in total. The van der Waals surface area contributed by atoms with E-state index in [1.807, 2.05) is 75.4 Å². The zero-order valence-corrected chi connectivity index (χ0v) is 17.1. The number of amides is 1. The molecule has 1 aliphatic rings. The fourth-order valence-corrected chi connectivity index (χ4v) is 3.61. The molecule has 4 rings (SSSR count). The molecule has 150 valence electrons. The van der Waals surface area contributed by atoms with Gasteiger partial charge in [-0.05, 0) is 51.8 Å². The summed E-state index contributed by atoms with van der Waals surface area (Å²) in [5, 5.41) is 7.58. The number of hydrogen-bond donors (Lipinski definition) is 1. The van der Waals surface area contributed by atoms with Crippen molar-refractivity contribution in [3.05, 3.63) is 60.3 Å². The van der Waals surface area contributed by atoms with E-state index in [1.54, 1.807) is 4.90 Å². The molecule has 1 aromatic carbocycles. The lowest BCUT2D eigenvalue weighted by molar-refractivity contribution is 0.0221. The zero-order chi connectivity index (χ0) is 20.4. The molecular weight excluding hydrogens is 364 g/mol. The van der Waals surface area contributed by atoms with Crippen LogP contribution in [0.1, 0.15) is 45.3 Å². The maximum Gasteiger partial charge on any atom is 0.410 e. The molecule has 0 radical (unpaired) electrons. The standard InChI is InChI=1S/C23H26N4O2/c1-23(2,3)29-22(28)27-14-8-13-21(27)20-15-19(25-26-20)18-12-7-11-17(24-18)16-9-5-4-6-10-16/h4-7,9-12,15,21H,8,13-14H2,1-3H3,(H,25,26). The van der Waals surface area contributed by atoms with E-state index in [4.69, 9.17) is 9.72 Å². The van der Waals surface area contributed by atoms with Crippen molar-refractivity contribution < 1.29 is 9.53 Å². The Morgan fingerprint density at radius 3 is 2.59 bits per heavy atom. The van der Waals surface area contributed by atoms with Crippen molar-refractivity contribution >= 4 is 6.09 Å². The molecule has 1 saturated heterocycles. The number of hydrogen-bond acceptors (Lipinski definition) is 4. The summed E-state index contributed by atoms with van der Waals surface area (Å²) in [7, 11) is 0. The predicted octanol–water partition coefficient (Wildman–Crippen LogP) is 5.21. The van der Waals surface area contributed by atoms with Crippen LogP contribution in [0.2, 0.25) is 0 Å². The fourth-order valence-electron chi connectivity index (χ4n) is 3.61. The molecule has 1 atom stereocenters. The number of likely N-dealkylation sites (tertiary alicyclic amines) is 1. The highest BCUT2D eigenvalue weighted by molar-refractivity contribution is 5.69. The number of carbonyl (C=O) groups is 1. The van der Waals surface area contributed by atoms with Crippen LogP contribution < -0.4 is 0 Å². The minimum Gasteiger partial charge on any atom is -0.444 e. The second kappa shape index (κ2) is 7.70. The molecular formula is C23H26N4O2. The predicted molar refractivity (Wildman–Crippen MR) is 112 cm³/mol. The van der Waals surface area contributed by atoms with E-state index in [-0.39, 0.29) is 12.1 Å². The number of nitrogens with one attached hydrogen (secondary N) is 1. The molecule has 0 saturated carbocycles. The van der Waals surface area contributed by atoms with Gasteiger partial charge in [0.25, 0.3) is 0 Å². The number of carbonyl (C=O) groups excluding carboxylic acids is 1. The van der Waals surface area contributed by atoms with Gasteiger partial charge in [-0.2, -0.15) is 5.10 Å². The Morgan fingerprint density at radius 2 is 1.83 bits per heavy atom. The lowest BCUT2D eigenvalue weighted by Gasteiger charge is -2.28. The van der Waals surface area contributed by atoms with Crippen molar-refractivity contribution in [2.45, 2.75) is 45.3 Å². The molecule has 1 N–H and O–H groups in total. The number of pyridine rings is 1. The van der Waals surface area contributed by atoms with Crippen LogP contribution >= 0.6 is 0 Å². The van der Waals surface area contributed by atoms with Crippen LogP contribution in [0.5, 0.6) is 0 Å². The Hall–Kier alpha value is -3.15. The Labute approximate surface area is 170 Å². The van der Waals surface area contributed by atoms with Crippen molar-refractivity contribution in [3.8, 4) is 22.6 Å². The Morgan fingerprint density at radius 1 is 1.07 bits per heavy atom. The summed E-state index contributed by atoms with van der Waals surface area (Å²) in [5.41, 5.74) is 3.95. The van der Waals surface area contributed by atoms with Crippen LogP contribution in [0.15, 0.2) is 54.6 Å². The van der Waals surface area contributed by atoms with E-state index in [2.05, 4.69) is 10.2 Å². The molecule has 0 spiro atoms. The first-order valence-electron chi connectivity index (χ1n) is 9.98. The molecule has 2 aromatic heterocycles. The largest absolute Gasteiger partial charge is 0.444 e. The molecule has 1 fully saturated rings. The Bertz CT molecular complexity index is 991. The Balaban J connectivity index is 1.56. The van der Waals surface area contributed by atoms with Crippen molar-refractivity contribution in [3.63, 3.8) is 0 Å². The summed E-state index contributed by atoms with van der Waals surface area (Å²) in [4.78, 5) is 19.1. The van der Waals surface area contributed by atoms with E-state index in [0.717, 1.165) is 41.2 Å². The summed E-state index contributed by atoms with van der Waals surface area (Å²) < 4.78 is 5.57. The number of aromatic amines is 1. The van der Waals surface area contributed by atoms with Gasteiger partial charge in [0.1, 0.15) is 11.3 Å². The summed E-state index contributed by atoms with van der Waals surface area (Å²) in [6.07, 6.45) is 1.55. The van der Waals surface area contributed by atoms with Gasteiger partial charge in [0.05, 0.1) is 23.1 Å². The van der Waals surface area contributed by atoms with Gasteiger partial charge in [0.2, 0.25) is 0 Å². The van der Waals surface area contributed by atoms with Gasteiger partial charge in [0.15, 0.2) is 0 Å². The molecule has 3 aromatic rings. The lowest BCUT2D eigenvalue weighted by Crippen LogP contribution is -2.36. The van der Waals surface area contributed by atoms with E-state index in [1.165, 1.54) is 0 Å². The fraction of sp³-hybridized carbons (Fsp3) is 0.348. The first kappa shape index (κ1) is 19.2. The van der Waals surface area contributed by atoms with Gasteiger partial charge >= 0.3 is 6.09 Å². The van der Waals surface area contributed by atoms with Crippen LogP contribution in [0.25, 0.3) is 22.6 Å². The van der Waals surface area contributed by atoms with Gasteiger partial charge in [-0.25, -0.2) is 9.78 Å². The third-order valence-electron chi connectivity index (χ3n) is 4.92. The number of aromatic nitrogens is 3. The molecule has 6 heteroatoms. The van der Waals surface area contributed by atoms with E-state index >= 15 is 0 Å². The lowest BCUT2D eigenvalue weighted by atomic mass is 10.1. The van der Waals surface area contributed by atoms with Crippen LogP contribution in [0, 0.1) is 0 Å². The highest BCUT2D eigenvalue weighted by atomic mass is 16.6. The molecule has 0 bridgehead atoms. The minimum atomic E-state index is -0.509. The Kier molecular flexibility index (Phi) is 5.09. The van der Waals surface area contributed by atoms with E-state index < -0.39 is 5.60 Å². The van der Waals surface area contributed by atoms with Crippen molar-refractivity contribution in [2.24, 2.45) is 0 Å².